The summed E-state index contributed by atoms with van der Waals surface area (Å²) >= 11 is 1.93. The first-order chi connectivity index (χ1) is 29.5. The molecule has 0 atom stereocenters. The van der Waals surface area contributed by atoms with Crippen molar-refractivity contribution in [3.8, 4) is 44.5 Å². The van der Waals surface area contributed by atoms with Gasteiger partial charge in [-0.1, -0.05) is 217 Å². The maximum absolute atomic E-state index is 2.45. The number of hydrogen-bond acceptors (Lipinski definition) is 1. The number of thiophene rings is 1. The normalized spacial score (nSPS) is 12.4. The Hall–Kier alpha value is -6.54. The number of rotatable bonds is 4. The standard InChI is InChI=1S/C60H48S/c1-59(2,3)40-33-39(34-41(36-40)60(4,5)6)56-47-25-14-16-27-49(47)57(50-28-17-15-26-48(50)56)52-30-18-29-51-42-32-31-38(35-53(42)61-58(51)52)55-45-23-12-10-21-43(45)54(37-19-8-7-9-20-37)44-22-11-13-24-46(44)55/h7-36H,1-6H3. The van der Waals surface area contributed by atoms with Gasteiger partial charge >= 0.3 is 0 Å². The minimum absolute atomic E-state index is 0.0179. The fraction of sp³-hybridized carbons (Fsp3) is 0.133. The molecule has 0 aliphatic rings. The Morgan fingerprint density at radius 3 is 1.18 bits per heavy atom. The zero-order chi connectivity index (χ0) is 41.6. The van der Waals surface area contributed by atoms with Crippen molar-refractivity contribution in [2.45, 2.75) is 52.4 Å². The van der Waals surface area contributed by atoms with E-state index in [4.69, 9.17) is 0 Å². The van der Waals surface area contributed by atoms with Gasteiger partial charge in [0.05, 0.1) is 0 Å². The van der Waals surface area contributed by atoms with E-state index in [2.05, 4.69) is 224 Å². The van der Waals surface area contributed by atoms with Gasteiger partial charge in [0.2, 0.25) is 0 Å². The molecular formula is C60H48S. The first-order valence-corrected chi connectivity index (χ1v) is 22.4. The van der Waals surface area contributed by atoms with Gasteiger partial charge in [-0.15, -0.1) is 11.3 Å². The second-order valence-electron chi connectivity index (χ2n) is 18.8. The van der Waals surface area contributed by atoms with Crippen LogP contribution in [0.2, 0.25) is 0 Å². The Labute approximate surface area is 362 Å². The lowest BCUT2D eigenvalue weighted by Gasteiger charge is -2.27. The topological polar surface area (TPSA) is 0 Å². The molecule has 0 bridgehead atoms. The minimum atomic E-state index is 0.0179. The van der Waals surface area contributed by atoms with Gasteiger partial charge in [0.15, 0.2) is 0 Å². The van der Waals surface area contributed by atoms with Crippen molar-refractivity contribution in [1.29, 1.82) is 0 Å². The molecule has 0 aliphatic heterocycles. The highest BCUT2D eigenvalue weighted by Gasteiger charge is 2.25. The largest absolute Gasteiger partial charge is 0.135 e. The summed E-state index contributed by atoms with van der Waals surface area (Å²) in [5, 5.41) is 12.9. The number of benzene rings is 10. The van der Waals surface area contributed by atoms with E-state index in [1.165, 1.54) is 119 Å². The molecular weight excluding hydrogens is 753 g/mol. The van der Waals surface area contributed by atoms with Crippen LogP contribution in [0.5, 0.6) is 0 Å². The van der Waals surface area contributed by atoms with Gasteiger partial charge in [-0.25, -0.2) is 0 Å². The smallest absolute Gasteiger partial charge is 0.0434 e. The van der Waals surface area contributed by atoms with Crippen molar-refractivity contribution >= 4 is 74.6 Å². The molecule has 0 fully saturated rings. The van der Waals surface area contributed by atoms with E-state index in [0.29, 0.717) is 0 Å². The van der Waals surface area contributed by atoms with Crippen molar-refractivity contribution < 1.29 is 0 Å². The predicted octanol–water partition coefficient (Wildman–Crippen LogP) is 17.9. The maximum Gasteiger partial charge on any atom is 0.0434 e. The highest BCUT2D eigenvalue weighted by molar-refractivity contribution is 7.26. The van der Waals surface area contributed by atoms with Crippen LogP contribution in [0.1, 0.15) is 52.7 Å². The van der Waals surface area contributed by atoms with Crippen LogP contribution in [0.15, 0.2) is 182 Å². The Morgan fingerprint density at radius 2 is 0.705 bits per heavy atom. The fourth-order valence-corrected chi connectivity index (χ4v) is 11.1. The van der Waals surface area contributed by atoms with Gasteiger partial charge in [-0.05, 0) is 110 Å². The monoisotopic (exact) mass is 800 g/mol. The molecule has 0 spiro atoms. The molecule has 0 nitrogen and oxygen atoms in total. The van der Waals surface area contributed by atoms with Crippen molar-refractivity contribution in [3.05, 3.63) is 193 Å². The van der Waals surface area contributed by atoms with Gasteiger partial charge in [0, 0.05) is 25.7 Å². The van der Waals surface area contributed by atoms with Gasteiger partial charge in [0.25, 0.3) is 0 Å². The summed E-state index contributed by atoms with van der Waals surface area (Å²) in [5.74, 6) is 0. The molecule has 11 aromatic rings. The van der Waals surface area contributed by atoms with Gasteiger partial charge in [0.1, 0.15) is 0 Å². The SMILES string of the molecule is CC(C)(C)c1cc(-c2c3ccccc3c(-c3cccc4c3sc3cc(-c5c6ccccc6c(-c6ccccc6)c6ccccc56)ccc34)c3ccccc23)cc(C(C)(C)C)c1. The van der Waals surface area contributed by atoms with E-state index in [-0.39, 0.29) is 10.8 Å². The molecule has 0 radical (unpaired) electrons. The Balaban J connectivity index is 1.16. The second-order valence-corrected chi connectivity index (χ2v) is 19.9. The van der Waals surface area contributed by atoms with Crippen LogP contribution < -0.4 is 0 Å². The zero-order valence-corrected chi connectivity index (χ0v) is 36.5. The third kappa shape index (κ3) is 6.09. The summed E-state index contributed by atoms with van der Waals surface area (Å²) in [5.41, 5.74) is 13.1. The van der Waals surface area contributed by atoms with Crippen LogP contribution in [0, 0.1) is 0 Å². The van der Waals surface area contributed by atoms with Gasteiger partial charge in [-0.3, -0.25) is 0 Å². The summed E-state index contributed by atoms with van der Waals surface area (Å²) in [6, 6.07) is 68.5. The fourth-order valence-electron chi connectivity index (χ4n) is 9.87. The molecule has 0 N–H and O–H groups in total. The van der Waals surface area contributed by atoms with E-state index < -0.39 is 0 Å². The average molecular weight is 801 g/mol. The summed E-state index contributed by atoms with van der Waals surface area (Å²) < 4.78 is 2.63. The van der Waals surface area contributed by atoms with E-state index in [9.17, 15) is 0 Å². The summed E-state index contributed by atoms with van der Waals surface area (Å²) in [6.07, 6.45) is 0. The summed E-state index contributed by atoms with van der Waals surface area (Å²) in [6.45, 7) is 14.0. The molecule has 0 aliphatic carbocycles. The zero-order valence-electron chi connectivity index (χ0n) is 35.7. The van der Waals surface area contributed by atoms with E-state index in [0.717, 1.165) is 0 Å². The van der Waals surface area contributed by atoms with Crippen LogP contribution in [0.25, 0.3) is 108 Å². The van der Waals surface area contributed by atoms with Crippen LogP contribution in [-0.4, -0.2) is 0 Å². The van der Waals surface area contributed by atoms with Gasteiger partial charge in [-0.2, -0.15) is 0 Å². The van der Waals surface area contributed by atoms with Crippen LogP contribution in [-0.2, 0) is 10.8 Å². The van der Waals surface area contributed by atoms with Gasteiger partial charge < -0.3 is 0 Å². The van der Waals surface area contributed by atoms with E-state index in [1.807, 2.05) is 11.3 Å². The van der Waals surface area contributed by atoms with Crippen LogP contribution in [0.3, 0.4) is 0 Å². The Morgan fingerprint density at radius 1 is 0.295 bits per heavy atom. The second kappa shape index (κ2) is 14.0. The lowest BCUT2D eigenvalue weighted by Crippen LogP contribution is -2.16. The molecule has 1 heterocycles. The average Bonchev–Trinajstić information content (AvgIpc) is 3.65. The highest BCUT2D eigenvalue weighted by Crippen LogP contribution is 2.50. The van der Waals surface area contributed by atoms with Crippen molar-refractivity contribution in [3.63, 3.8) is 0 Å². The van der Waals surface area contributed by atoms with Crippen molar-refractivity contribution in [1.82, 2.24) is 0 Å². The molecule has 11 rings (SSSR count). The summed E-state index contributed by atoms with van der Waals surface area (Å²) in [7, 11) is 0. The van der Waals surface area contributed by atoms with Crippen molar-refractivity contribution in [2.24, 2.45) is 0 Å². The molecule has 0 amide bonds. The quantitative estimate of drug-likeness (QED) is 0.156. The third-order valence-electron chi connectivity index (χ3n) is 12.9. The van der Waals surface area contributed by atoms with Crippen LogP contribution in [0.4, 0.5) is 0 Å². The molecule has 0 saturated carbocycles. The lowest BCUT2D eigenvalue weighted by molar-refractivity contribution is 0.569. The first-order valence-electron chi connectivity index (χ1n) is 21.6. The molecule has 61 heavy (non-hydrogen) atoms. The molecule has 294 valence electrons. The van der Waals surface area contributed by atoms with Crippen molar-refractivity contribution in [2.75, 3.05) is 0 Å². The molecule has 10 aromatic carbocycles. The lowest BCUT2D eigenvalue weighted by atomic mass is 9.77. The highest BCUT2D eigenvalue weighted by atomic mass is 32.1. The Bertz CT molecular complexity index is 3390. The minimum Gasteiger partial charge on any atom is -0.135 e. The molecule has 1 aromatic heterocycles. The Kier molecular flexibility index (Phi) is 8.61. The summed E-state index contributed by atoms with van der Waals surface area (Å²) in [4.78, 5) is 0. The molecule has 0 unspecified atom stereocenters. The predicted molar refractivity (Wildman–Crippen MR) is 268 cm³/mol. The number of hydrogen-bond donors (Lipinski definition) is 0. The maximum atomic E-state index is 2.45. The molecule has 0 saturated heterocycles. The van der Waals surface area contributed by atoms with E-state index >= 15 is 0 Å². The number of fused-ring (bicyclic) bond motifs is 7. The first kappa shape index (κ1) is 37.5. The van der Waals surface area contributed by atoms with Crippen LogP contribution >= 0.6 is 11.3 Å². The molecule has 1 heteroatoms. The third-order valence-corrected chi connectivity index (χ3v) is 14.1. The van der Waals surface area contributed by atoms with E-state index in [1.54, 1.807) is 0 Å².